The number of ether oxygens (including phenoxy) is 2. The maximum Gasteiger partial charge on any atom is 0.0830 e. The largest absolute Gasteiger partial charge is 0.393 e. The average Bonchev–Trinajstić information content (AvgIpc) is 2.68. The summed E-state index contributed by atoms with van der Waals surface area (Å²) in [4.78, 5) is 0.619. The molecule has 2 rings (SSSR count). The van der Waals surface area contributed by atoms with Gasteiger partial charge in [-0.3, -0.25) is 0 Å². The van der Waals surface area contributed by atoms with E-state index in [0.717, 1.165) is 32.7 Å². The van der Waals surface area contributed by atoms with Crippen molar-refractivity contribution in [1.82, 2.24) is 0 Å². The number of thiocarbonyl (C=S) groups is 1. The summed E-state index contributed by atoms with van der Waals surface area (Å²) in [5.41, 5.74) is 5.84. The molecule has 0 aromatic heterocycles. The van der Waals surface area contributed by atoms with E-state index in [2.05, 4.69) is 0 Å². The molecule has 1 aliphatic carbocycles. The van der Waals surface area contributed by atoms with Gasteiger partial charge >= 0.3 is 0 Å². The first-order valence-electron chi connectivity index (χ1n) is 5.18. The van der Waals surface area contributed by atoms with Crippen LogP contribution in [0.5, 0.6) is 0 Å². The van der Waals surface area contributed by atoms with Gasteiger partial charge in [-0.25, -0.2) is 0 Å². The first-order valence-corrected chi connectivity index (χ1v) is 5.59. The zero-order chi connectivity index (χ0) is 10.0. The summed E-state index contributed by atoms with van der Waals surface area (Å²) in [6.07, 6.45) is 4.59. The molecule has 0 aromatic carbocycles. The molecule has 80 valence electrons. The molecule has 2 fully saturated rings. The molecule has 1 saturated heterocycles. The van der Waals surface area contributed by atoms with E-state index in [0.29, 0.717) is 11.1 Å². The second kappa shape index (κ2) is 4.13. The lowest BCUT2D eigenvalue weighted by Gasteiger charge is -2.17. The molecule has 0 spiro atoms. The standard InChI is InChI=1S/C10H17NO2S/c11-9(14)5-10(2-3-10)7-13-8-1-4-12-6-8/h8H,1-7H2,(H2,11,14). The molecular formula is C10H17NO2S. The van der Waals surface area contributed by atoms with E-state index < -0.39 is 0 Å². The molecule has 1 aliphatic heterocycles. The zero-order valence-corrected chi connectivity index (χ0v) is 9.15. The molecule has 0 radical (unpaired) electrons. The van der Waals surface area contributed by atoms with Crippen molar-refractivity contribution < 1.29 is 9.47 Å². The van der Waals surface area contributed by atoms with Crippen LogP contribution in [-0.4, -0.2) is 30.9 Å². The molecular weight excluding hydrogens is 198 g/mol. The van der Waals surface area contributed by atoms with Gasteiger partial charge in [0.25, 0.3) is 0 Å². The number of nitrogens with two attached hydrogens (primary N) is 1. The summed E-state index contributed by atoms with van der Waals surface area (Å²) in [6.45, 7) is 2.40. The molecule has 4 heteroatoms. The minimum Gasteiger partial charge on any atom is -0.393 e. The summed E-state index contributed by atoms with van der Waals surface area (Å²) in [5, 5.41) is 0. The van der Waals surface area contributed by atoms with Gasteiger partial charge in [0.2, 0.25) is 0 Å². The van der Waals surface area contributed by atoms with Crippen molar-refractivity contribution in [3.8, 4) is 0 Å². The van der Waals surface area contributed by atoms with E-state index in [1.54, 1.807) is 0 Å². The number of hydrogen-bond acceptors (Lipinski definition) is 3. The molecule has 0 bridgehead atoms. The number of rotatable bonds is 5. The summed E-state index contributed by atoms with van der Waals surface area (Å²) in [5.74, 6) is 0. The van der Waals surface area contributed by atoms with E-state index in [-0.39, 0.29) is 5.41 Å². The third-order valence-electron chi connectivity index (χ3n) is 3.02. The van der Waals surface area contributed by atoms with Crippen LogP contribution in [0.3, 0.4) is 0 Å². The minimum atomic E-state index is 0.286. The first kappa shape index (κ1) is 10.3. The van der Waals surface area contributed by atoms with Crippen molar-refractivity contribution in [3.63, 3.8) is 0 Å². The van der Waals surface area contributed by atoms with Crippen molar-refractivity contribution in [1.29, 1.82) is 0 Å². The van der Waals surface area contributed by atoms with Crippen LogP contribution in [0.1, 0.15) is 25.7 Å². The first-order chi connectivity index (χ1) is 6.70. The lowest BCUT2D eigenvalue weighted by Crippen LogP contribution is -2.23. The highest BCUT2D eigenvalue weighted by Gasteiger charge is 2.43. The highest BCUT2D eigenvalue weighted by atomic mass is 32.1. The van der Waals surface area contributed by atoms with Gasteiger partial charge in [-0.1, -0.05) is 12.2 Å². The Morgan fingerprint density at radius 2 is 2.36 bits per heavy atom. The van der Waals surface area contributed by atoms with Crippen molar-refractivity contribution in [2.24, 2.45) is 11.1 Å². The molecule has 1 unspecified atom stereocenters. The Kier molecular flexibility index (Phi) is 3.04. The Morgan fingerprint density at radius 1 is 1.57 bits per heavy atom. The Labute approximate surface area is 89.9 Å². The third kappa shape index (κ3) is 2.65. The molecule has 1 saturated carbocycles. The minimum absolute atomic E-state index is 0.286. The molecule has 3 nitrogen and oxygen atoms in total. The van der Waals surface area contributed by atoms with Crippen LogP contribution in [0.15, 0.2) is 0 Å². The molecule has 0 aromatic rings. The Balaban J connectivity index is 1.71. The van der Waals surface area contributed by atoms with E-state index >= 15 is 0 Å². The van der Waals surface area contributed by atoms with E-state index in [1.807, 2.05) is 0 Å². The topological polar surface area (TPSA) is 44.5 Å². The van der Waals surface area contributed by atoms with E-state index in [1.165, 1.54) is 12.8 Å². The average molecular weight is 215 g/mol. The van der Waals surface area contributed by atoms with Crippen LogP contribution >= 0.6 is 12.2 Å². The maximum absolute atomic E-state index is 5.79. The quantitative estimate of drug-likeness (QED) is 0.701. The van der Waals surface area contributed by atoms with Gasteiger partial charge in [0.1, 0.15) is 0 Å². The summed E-state index contributed by atoms with van der Waals surface area (Å²) < 4.78 is 11.0. The lowest BCUT2D eigenvalue weighted by atomic mass is 10.0. The van der Waals surface area contributed by atoms with Gasteiger partial charge in [0.15, 0.2) is 0 Å². The highest BCUT2D eigenvalue weighted by Crippen LogP contribution is 2.49. The van der Waals surface area contributed by atoms with Crippen LogP contribution < -0.4 is 5.73 Å². The van der Waals surface area contributed by atoms with Crippen LogP contribution in [0.2, 0.25) is 0 Å². The fraction of sp³-hybridized carbons (Fsp3) is 0.900. The van der Waals surface area contributed by atoms with E-state index in [4.69, 9.17) is 27.4 Å². The maximum atomic E-state index is 5.79. The van der Waals surface area contributed by atoms with Gasteiger partial charge in [0, 0.05) is 18.4 Å². The van der Waals surface area contributed by atoms with Gasteiger partial charge in [-0.15, -0.1) is 0 Å². The molecule has 1 atom stereocenters. The molecule has 1 heterocycles. The fourth-order valence-electron chi connectivity index (χ4n) is 1.86. The van der Waals surface area contributed by atoms with Gasteiger partial charge in [-0.05, 0) is 19.3 Å². The smallest absolute Gasteiger partial charge is 0.0830 e. The SMILES string of the molecule is NC(=S)CC1(COC2CCOC2)CC1. The third-order valence-corrected chi connectivity index (χ3v) is 3.16. The van der Waals surface area contributed by atoms with Crippen molar-refractivity contribution in [2.75, 3.05) is 19.8 Å². The fourth-order valence-corrected chi connectivity index (χ4v) is 2.16. The summed E-state index contributed by atoms with van der Waals surface area (Å²) in [7, 11) is 0. The Morgan fingerprint density at radius 3 is 2.86 bits per heavy atom. The molecule has 14 heavy (non-hydrogen) atoms. The monoisotopic (exact) mass is 215 g/mol. The highest BCUT2D eigenvalue weighted by molar-refractivity contribution is 7.80. The molecule has 0 amide bonds. The second-order valence-corrected chi connectivity index (χ2v) is 4.96. The summed E-state index contributed by atoms with van der Waals surface area (Å²) in [6, 6.07) is 0. The van der Waals surface area contributed by atoms with Crippen molar-refractivity contribution >= 4 is 17.2 Å². The normalized spacial score (nSPS) is 29.0. The van der Waals surface area contributed by atoms with E-state index in [9.17, 15) is 0 Å². The zero-order valence-electron chi connectivity index (χ0n) is 8.33. The van der Waals surface area contributed by atoms with Crippen LogP contribution in [0.25, 0.3) is 0 Å². The van der Waals surface area contributed by atoms with Gasteiger partial charge in [0.05, 0.1) is 24.3 Å². The van der Waals surface area contributed by atoms with Gasteiger partial charge < -0.3 is 15.2 Å². The Hall–Kier alpha value is -0.190. The molecule has 2 aliphatic rings. The second-order valence-electron chi connectivity index (χ2n) is 4.44. The van der Waals surface area contributed by atoms with Crippen molar-refractivity contribution in [2.45, 2.75) is 31.8 Å². The van der Waals surface area contributed by atoms with Gasteiger partial charge in [-0.2, -0.15) is 0 Å². The summed E-state index contributed by atoms with van der Waals surface area (Å²) >= 11 is 4.93. The van der Waals surface area contributed by atoms with Crippen LogP contribution in [0, 0.1) is 5.41 Å². The lowest BCUT2D eigenvalue weighted by molar-refractivity contribution is 0.0173. The Bertz CT molecular complexity index is 222. The van der Waals surface area contributed by atoms with Crippen molar-refractivity contribution in [3.05, 3.63) is 0 Å². The number of hydrogen-bond donors (Lipinski definition) is 1. The molecule has 2 N–H and O–H groups in total. The predicted octanol–water partition coefficient (Wildman–Crippen LogP) is 1.25. The van der Waals surface area contributed by atoms with Crippen LogP contribution in [-0.2, 0) is 9.47 Å². The van der Waals surface area contributed by atoms with Crippen LogP contribution in [0.4, 0.5) is 0 Å². The predicted molar refractivity (Wildman–Crippen MR) is 58.2 cm³/mol.